The van der Waals surface area contributed by atoms with E-state index in [4.69, 9.17) is 18.9 Å². The number of halogens is 2. The lowest BCUT2D eigenvalue weighted by Crippen LogP contribution is -2.52. The molecular weight excluding hydrogens is 512 g/mol. The Kier molecular flexibility index (Phi) is 10.5. The zero-order valence-electron chi connectivity index (χ0n) is 22.3. The fourth-order valence-corrected chi connectivity index (χ4v) is 4.79. The minimum atomic E-state index is -1.48. The third kappa shape index (κ3) is 9.11. The summed E-state index contributed by atoms with van der Waals surface area (Å²) in [6.07, 6.45) is 0. The zero-order chi connectivity index (χ0) is 27.7. The van der Waals surface area contributed by atoms with Gasteiger partial charge in [0.05, 0.1) is 19.8 Å². The maximum Gasteiger partial charge on any atom is 0.248 e. The molecule has 1 N–H and O–H groups in total. The number of rotatable bonds is 11. The molecule has 11 heteroatoms. The van der Waals surface area contributed by atoms with E-state index in [1.165, 1.54) is 12.0 Å². The minimum absolute atomic E-state index is 0.000584. The number of aliphatic hydroxyl groups is 1. The molecule has 2 heterocycles. The highest BCUT2D eigenvalue weighted by Crippen LogP contribution is 2.22. The van der Waals surface area contributed by atoms with Gasteiger partial charge in [0.1, 0.15) is 48.6 Å². The zero-order valence-corrected chi connectivity index (χ0v) is 22.3. The van der Waals surface area contributed by atoms with E-state index in [0.29, 0.717) is 26.2 Å². The summed E-state index contributed by atoms with van der Waals surface area (Å²) in [6.45, 7) is 6.06. The second-order valence-corrected chi connectivity index (χ2v) is 10.0. The van der Waals surface area contributed by atoms with Crippen molar-refractivity contribution in [2.75, 3.05) is 86.0 Å². The van der Waals surface area contributed by atoms with E-state index in [1.54, 1.807) is 0 Å². The van der Waals surface area contributed by atoms with Gasteiger partial charge in [-0.2, -0.15) is 0 Å². The molecule has 1 atom stereocenters. The third-order valence-electron chi connectivity index (χ3n) is 6.76. The molecule has 2 saturated heterocycles. The summed E-state index contributed by atoms with van der Waals surface area (Å²) in [5.41, 5.74) is -0.465. The smallest absolute Gasteiger partial charge is 0.248 e. The molecular formula is C28H37F2N3O6. The molecule has 0 saturated carbocycles. The van der Waals surface area contributed by atoms with Crippen molar-refractivity contribution in [2.45, 2.75) is 12.1 Å². The molecule has 2 aromatic rings. The quantitative estimate of drug-likeness (QED) is 0.454. The first-order valence-corrected chi connectivity index (χ1v) is 13.1. The Labute approximate surface area is 227 Å². The first-order chi connectivity index (χ1) is 18.8. The van der Waals surface area contributed by atoms with Crippen molar-refractivity contribution in [1.82, 2.24) is 14.7 Å². The lowest BCUT2D eigenvalue weighted by Gasteiger charge is -2.33. The van der Waals surface area contributed by atoms with E-state index in [1.807, 2.05) is 29.2 Å². The van der Waals surface area contributed by atoms with Crippen molar-refractivity contribution in [3.05, 3.63) is 59.7 Å². The second-order valence-electron chi connectivity index (χ2n) is 10.0. The molecule has 2 aliphatic rings. The Bertz CT molecular complexity index is 1050. The van der Waals surface area contributed by atoms with Gasteiger partial charge in [-0.3, -0.25) is 14.6 Å². The Morgan fingerprint density at radius 3 is 2.36 bits per heavy atom. The number of ether oxygens (including phenoxy) is 4. The lowest BCUT2D eigenvalue weighted by molar-refractivity contribution is -0.138. The van der Waals surface area contributed by atoms with Gasteiger partial charge in [0.25, 0.3) is 0 Å². The fourth-order valence-electron chi connectivity index (χ4n) is 4.79. The summed E-state index contributed by atoms with van der Waals surface area (Å²) in [6, 6.07) is 10.7. The van der Waals surface area contributed by atoms with Crippen LogP contribution in [0.15, 0.2) is 42.5 Å². The van der Waals surface area contributed by atoms with E-state index in [-0.39, 0.29) is 38.0 Å². The SMILES string of the molecule is COCC(=O)N1CCN(Cc2ccc(OCCN3CCOCC3)cc2)CC(O)(COc2cc(F)cc(F)c2)C1. The Morgan fingerprint density at radius 2 is 1.67 bits per heavy atom. The van der Waals surface area contributed by atoms with Crippen molar-refractivity contribution < 1.29 is 37.6 Å². The maximum absolute atomic E-state index is 13.6. The Hall–Kier alpha value is -2.83. The highest BCUT2D eigenvalue weighted by molar-refractivity contribution is 5.77. The standard InChI is InChI=1S/C28H37F2N3O6/c1-36-18-27(34)33-7-6-32(19-28(35,20-33)21-39-26-15-23(29)14-24(30)16-26)17-22-2-4-25(5-3-22)38-13-10-31-8-11-37-12-9-31/h2-5,14-16,35H,6-13,17-21H2,1H3. The summed E-state index contributed by atoms with van der Waals surface area (Å²) in [4.78, 5) is 18.5. The van der Waals surface area contributed by atoms with Gasteiger partial charge in [-0.25, -0.2) is 8.78 Å². The number of nitrogens with zero attached hydrogens (tertiary/aromatic N) is 3. The molecule has 0 aliphatic carbocycles. The topological polar surface area (TPSA) is 83.9 Å². The first kappa shape index (κ1) is 29.2. The van der Waals surface area contributed by atoms with Gasteiger partial charge in [0, 0.05) is 71.1 Å². The van der Waals surface area contributed by atoms with Crippen LogP contribution in [-0.2, 0) is 20.8 Å². The number of carbonyl (C=O) groups excluding carboxylic acids is 1. The molecule has 4 rings (SSSR count). The summed E-state index contributed by atoms with van der Waals surface area (Å²) in [7, 11) is 1.44. The Morgan fingerprint density at radius 1 is 0.949 bits per heavy atom. The molecule has 0 aromatic heterocycles. The highest BCUT2D eigenvalue weighted by Gasteiger charge is 2.37. The summed E-state index contributed by atoms with van der Waals surface area (Å²) in [5.74, 6) is -1.05. The highest BCUT2D eigenvalue weighted by atomic mass is 19.1. The normalized spacial score (nSPS) is 21.0. The molecule has 0 bridgehead atoms. The largest absolute Gasteiger partial charge is 0.492 e. The van der Waals surface area contributed by atoms with Crippen LogP contribution in [-0.4, -0.2) is 117 Å². The van der Waals surface area contributed by atoms with Gasteiger partial charge in [-0.1, -0.05) is 12.1 Å². The molecule has 2 aliphatic heterocycles. The van der Waals surface area contributed by atoms with E-state index in [2.05, 4.69) is 4.90 Å². The number of methoxy groups -OCH3 is 1. The minimum Gasteiger partial charge on any atom is -0.492 e. The molecule has 2 fully saturated rings. The first-order valence-electron chi connectivity index (χ1n) is 13.1. The van der Waals surface area contributed by atoms with Gasteiger partial charge < -0.3 is 29.0 Å². The maximum atomic E-state index is 13.6. The van der Waals surface area contributed by atoms with Gasteiger partial charge in [-0.05, 0) is 17.7 Å². The number of carbonyl (C=O) groups is 1. The molecule has 214 valence electrons. The van der Waals surface area contributed by atoms with Crippen LogP contribution in [0.3, 0.4) is 0 Å². The molecule has 39 heavy (non-hydrogen) atoms. The van der Waals surface area contributed by atoms with Crippen LogP contribution in [0.2, 0.25) is 0 Å². The lowest BCUT2D eigenvalue weighted by atomic mass is 10.0. The van der Waals surface area contributed by atoms with Crippen LogP contribution in [0.5, 0.6) is 11.5 Å². The second kappa shape index (κ2) is 14.0. The number of benzene rings is 2. The van der Waals surface area contributed by atoms with E-state index >= 15 is 0 Å². The van der Waals surface area contributed by atoms with Gasteiger partial charge >= 0.3 is 0 Å². The fraction of sp³-hybridized carbons (Fsp3) is 0.536. The van der Waals surface area contributed by atoms with Crippen molar-refractivity contribution in [3.8, 4) is 11.5 Å². The summed E-state index contributed by atoms with van der Waals surface area (Å²) >= 11 is 0. The van der Waals surface area contributed by atoms with Gasteiger partial charge in [0.15, 0.2) is 0 Å². The molecule has 1 amide bonds. The average molecular weight is 550 g/mol. The van der Waals surface area contributed by atoms with Crippen LogP contribution in [0.4, 0.5) is 8.78 Å². The Balaban J connectivity index is 1.37. The van der Waals surface area contributed by atoms with Crippen molar-refractivity contribution in [3.63, 3.8) is 0 Å². The molecule has 9 nitrogen and oxygen atoms in total. The number of hydrogen-bond donors (Lipinski definition) is 1. The van der Waals surface area contributed by atoms with Crippen LogP contribution < -0.4 is 9.47 Å². The molecule has 2 aromatic carbocycles. The third-order valence-corrected chi connectivity index (χ3v) is 6.76. The number of hydrogen-bond acceptors (Lipinski definition) is 8. The molecule has 1 unspecified atom stereocenters. The number of morpholine rings is 1. The molecule has 0 radical (unpaired) electrons. The monoisotopic (exact) mass is 549 g/mol. The van der Waals surface area contributed by atoms with Crippen molar-refractivity contribution in [2.24, 2.45) is 0 Å². The summed E-state index contributed by atoms with van der Waals surface area (Å²) in [5, 5.41) is 11.5. The van der Waals surface area contributed by atoms with Gasteiger partial charge in [-0.15, -0.1) is 0 Å². The predicted octanol–water partition coefficient (Wildman–Crippen LogP) is 1.78. The van der Waals surface area contributed by atoms with Crippen LogP contribution in [0, 0.1) is 11.6 Å². The average Bonchev–Trinajstić information content (AvgIpc) is 3.08. The summed E-state index contributed by atoms with van der Waals surface area (Å²) < 4.78 is 49.1. The van der Waals surface area contributed by atoms with Crippen LogP contribution >= 0.6 is 0 Å². The number of β-amino-alcohol motifs (C(OH)–C–C–N with tert-alkyl or cyclic N) is 1. The molecule has 0 spiro atoms. The van der Waals surface area contributed by atoms with Crippen LogP contribution in [0.1, 0.15) is 5.56 Å². The van der Waals surface area contributed by atoms with Crippen molar-refractivity contribution >= 4 is 5.91 Å². The number of amides is 1. The van der Waals surface area contributed by atoms with E-state index < -0.39 is 17.2 Å². The van der Waals surface area contributed by atoms with Crippen LogP contribution in [0.25, 0.3) is 0 Å². The van der Waals surface area contributed by atoms with Gasteiger partial charge in [0.2, 0.25) is 5.91 Å². The van der Waals surface area contributed by atoms with E-state index in [9.17, 15) is 18.7 Å². The van der Waals surface area contributed by atoms with E-state index in [0.717, 1.165) is 62.4 Å². The predicted molar refractivity (Wildman–Crippen MR) is 140 cm³/mol. The van der Waals surface area contributed by atoms with Crippen molar-refractivity contribution in [1.29, 1.82) is 0 Å².